The molecule has 8 heteroatoms. The number of hydrogen-bond donors (Lipinski definition) is 2. The highest BCUT2D eigenvalue weighted by Gasteiger charge is 2.12. The Kier molecular flexibility index (Phi) is 6.49. The van der Waals surface area contributed by atoms with Crippen LogP contribution in [-0.2, 0) is 11.3 Å². The predicted molar refractivity (Wildman–Crippen MR) is 108 cm³/mol. The highest BCUT2D eigenvalue weighted by molar-refractivity contribution is 7.99. The van der Waals surface area contributed by atoms with Crippen LogP contribution in [0.4, 0.5) is 0 Å². The van der Waals surface area contributed by atoms with Gasteiger partial charge in [0.15, 0.2) is 10.6 Å². The molecule has 0 spiro atoms. The van der Waals surface area contributed by atoms with Crippen molar-refractivity contribution in [2.24, 2.45) is 0 Å². The number of thioether (sulfide) groups is 1. The number of benzene rings is 2. The molecule has 26 heavy (non-hydrogen) atoms. The molecule has 134 valence electrons. The van der Waals surface area contributed by atoms with E-state index in [-0.39, 0.29) is 12.5 Å². The molecule has 1 aromatic heterocycles. The Morgan fingerprint density at radius 2 is 1.92 bits per heavy atom. The quantitative estimate of drug-likeness (QED) is 0.352. The summed E-state index contributed by atoms with van der Waals surface area (Å²) < 4.78 is 2.09. The van der Waals surface area contributed by atoms with Crippen molar-refractivity contribution in [3.63, 3.8) is 0 Å². The minimum absolute atomic E-state index is 0.105. The molecule has 0 radical (unpaired) electrons. The Morgan fingerprint density at radius 3 is 2.65 bits per heavy atom. The molecule has 5 nitrogen and oxygen atoms in total. The molecule has 0 fully saturated rings. The van der Waals surface area contributed by atoms with Gasteiger partial charge in [0, 0.05) is 27.8 Å². The maximum absolute atomic E-state index is 12.3. The molecular weight excluding hydrogens is 388 g/mol. The number of amides is 1. The summed E-state index contributed by atoms with van der Waals surface area (Å²) in [6.07, 6.45) is 0. The Balaban J connectivity index is 1.57. The van der Waals surface area contributed by atoms with Crippen LogP contribution in [0.3, 0.4) is 0 Å². The van der Waals surface area contributed by atoms with Gasteiger partial charge in [0.2, 0.25) is 5.91 Å². The number of rotatable bonds is 7. The van der Waals surface area contributed by atoms with Gasteiger partial charge in [0.25, 0.3) is 0 Å². The number of nitrogens with one attached hydrogen (secondary N) is 2. The van der Waals surface area contributed by atoms with Gasteiger partial charge in [0.05, 0.1) is 0 Å². The third-order valence-electron chi connectivity index (χ3n) is 3.60. The van der Waals surface area contributed by atoms with E-state index in [1.165, 1.54) is 4.90 Å². The number of nitrogens with zero attached hydrogens (tertiary/aromatic N) is 2. The average Bonchev–Trinajstić information content (AvgIpc) is 3.01. The highest BCUT2D eigenvalue weighted by Crippen LogP contribution is 2.20. The van der Waals surface area contributed by atoms with E-state index in [0.29, 0.717) is 22.2 Å². The van der Waals surface area contributed by atoms with Gasteiger partial charge in [-0.25, -0.2) is 0 Å². The predicted octanol–water partition coefficient (Wildman–Crippen LogP) is 4.17. The van der Waals surface area contributed by atoms with Gasteiger partial charge < -0.3 is 5.32 Å². The Bertz CT molecular complexity index is 922. The van der Waals surface area contributed by atoms with Crippen molar-refractivity contribution < 1.29 is 4.79 Å². The lowest BCUT2D eigenvalue weighted by molar-refractivity contribution is -0.121. The van der Waals surface area contributed by atoms with Gasteiger partial charge in [-0.3, -0.25) is 14.5 Å². The van der Waals surface area contributed by atoms with E-state index in [1.807, 2.05) is 30.3 Å². The molecule has 0 bridgehead atoms. The number of aromatic nitrogens is 3. The van der Waals surface area contributed by atoms with Gasteiger partial charge in [0.1, 0.15) is 6.54 Å². The molecule has 1 heterocycles. The van der Waals surface area contributed by atoms with Gasteiger partial charge in [-0.15, -0.1) is 11.8 Å². The first-order valence-electron chi connectivity index (χ1n) is 7.99. The van der Waals surface area contributed by atoms with Crippen molar-refractivity contribution in [3.8, 4) is 11.4 Å². The molecule has 0 aliphatic rings. The molecule has 0 saturated carbocycles. The van der Waals surface area contributed by atoms with Gasteiger partial charge in [-0.05, 0) is 48.6 Å². The zero-order valence-electron chi connectivity index (χ0n) is 13.8. The lowest BCUT2D eigenvalue weighted by atomic mass is 10.2. The molecular formula is C18H17ClN4OS2. The second-order valence-electron chi connectivity index (χ2n) is 5.46. The zero-order valence-corrected chi connectivity index (χ0v) is 16.2. The number of carbonyl (C=O) groups is 1. The topological polar surface area (TPSA) is 62.7 Å². The van der Waals surface area contributed by atoms with Crippen LogP contribution in [0.2, 0.25) is 5.02 Å². The van der Waals surface area contributed by atoms with Crippen molar-refractivity contribution >= 4 is 41.5 Å². The molecule has 0 aliphatic carbocycles. The first-order chi connectivity index (χ1) is 12.6. The van der Waals surface area contributed by atoms with E-state index < -0.39 is 0 Å². The monoisotopic (exact) mass is 404 g/mol. The van der Waals surface area contributed by atoms with Crippen LogP contribution in [0.5, 0.6) is 0 Å². The van der Waals surface area contributed by atoms with E-state index in [2.05, 4.69) is 27.6 Å². The number of aromatic amines is 1. The van der Waals surface area contributed by atoms with E-state index in [1.54, 1.807) is 28.5 Å². The maximum atomic E-state index is 12.3. The molecule has 3 rings (SSSR count). The second-order valence-corrected chi connectivity index (χ2v) is 7.45. The summed E-state index contributed by atoms with van der Waals surface area (Å²) in [4.78, 5) is 13.4. The van der Waals surface area contributed by atoms with Crippen LogP contribution in [0.25, 0.3) is 11.4 Å². The normalized spacial score (nSPS) is 10.7. The maximum Gasteiger partial charge on any atom is 0.240 e. The first kappa shape index (κ1) is 18.7. The number of carbonyl (C=O) groups excluding carboxylic acids is 1. The van der Waals surface area contributed by atoms with Crippen molar-refractivity contribution in [2.75, 3.05) is 12.3 Å². The van der Waals surface area contributed by atoms with Crippen molar-refractivity contribution in [3.05, 3.63) is 64.4 Å². The van der Waals surface area contributed by atoms with Gasteiger partial charge in [-0.1, -0.05) is 29.8 Å². The highest BCUT2D eigenvalue weighted by atomic mass is 35.5. The summed E-state index contributed by atoms with van der Waals surface area (Å²) in [6.45, 7) is 0.698. The van der Waals surface area contributed by atoms with Crippen LogP contribution < -0.4 is 5.32 Å². The second kappa shape index (κ2) is 9.02. The summed E-state index contributed by atoms with van der Waals surface area (Å²) in [5.74, 6) is 1.31. The summed E-state index contributed by atoms with van der Waals surface area (Å²) in [6, 6.07) is 17.3. The number of hydrogen-bond acceptors (Lipinski definition) is 4. The third kappa shape index (κ3) is 4.97. The average molecular weight is 405 g/mol. The molecule has 0 saturated heterocycles. The summed E-state index contributed by atoms with van der Waals surface area (Å²) in [7, 11) is 0. The van der Waals surface area contributed by atoms with E-state index in [0.717, 1.165) is 11.3 Å². The first-order valence-corrected chi connectivity index (χ1v) is 9.76. The molecule has 1 amide bonds. The van der Waals surface area contributed by atoms with Crippen LogP contribution in [0.15, 0.2) is 59.5 Å². The fraction of sp³-hybridized carbons (Fsp3) is 0.167. The standard InChI is InChI=1S/C18H17ClN4OS2/c19-14-8-6-13(7-9-14)17-21-22-18(25)23(17)12-16(24)20-10-11-26-15-4-2-1-3-5-15/h1-9H,10-12H2,(H,20,24)(H,22,25). The van der Waals surface area contributed by atoms with Crippen LogP contribution >= 0.6 is 35.6 Å². The van der Waals surface area contributed by atoms with E-state index >= 15 is 0 Å². The Labute approximate surface area is 165 Å². The van der Waals surface area contributed by atoms with Crippen molar-refractivity contribution in [1.29, 1.82) is 0 Å². The molecule has 0 atom stereocenters. The number of halogens is 1. The smallest absolute Gasteiger partial charge is 0.240 e. The number of H-pyrrole nitrogens is 1. The SMILES string of the molecule is O=C(Cn1c(-c2ccc(Cl)cc2)n[nH]c1=S)NCCSc1ccccc1. The minimum atomic E-state index is -0.105. The fourth-order valence-corrected chi connectivity index (χ4v) is 3.47. The van der Waals surface area contributed by atoms with Gasteiger partial charge >= 0.3 is 0 Å². The minimum Gasteiger partial charge on any atom is -0.354 e. The Hall–Kier alpha value is -2.09. The summed E-state index contributed by atoms with van der Waals surface area (Å²) >= 11 is 12.9. The largest absolute Gasteiger partial charge is 0.354 e. The van der Waals surface area contributed by atoms with Crippen LogP contribution in [0.1, 0.15) is 0 Å². The molecule has 0 aliphatic heterocycles. The van der Waals surface area contributed by atoms with Gasteiger partial charge in [-0.2, -0.15) is 5.10 Å². The van der Waals surface area contributed by atoms with E-state index in [9.17, 15) is 4.79 Å². The zero-order chi connectivity index (χ0) is 18.4. The van der Waals surface area contributed by atoms with Crippen LogP contribution in [0, 0.1) is 4.77 Å². The Morgan fingerprint density at radius 1 is 1.19 bits per heavy atom. The molecule has 2 aromatic carbocycles. The van der Waals surface area contributed by atoms with Crippen LogP contribution in [-0.4, -0.2) is 33.0 Å². The van der Waals surface area contributed by atoms with Crippen molar-refractivity contribution in [1.82, 2.24) is 20.1 Å². The van der Waals surface area contributed by atoms with E-state index in [4.69, 9.17) is 23.8 Å². The molecule has 0 unspecified atom stereocenters. The third-order valence-corrected chi connectivity index (χ3v) is 5.18. The summed E-state index contributed by atoms with van der Waals surface area (Å²) in [5, 5.41) is 10.5. The summed E-state index contributed by atoms with van der Waals surface area (Å²) in [5.41, 5.74) is 0.842. The molecule has 3 aromatic rings. The lowest BCUT2D eigenvalue weighted by Gasteiger charge is -2.08. The molecule has 2 N–H and O–H groups in total. The fourth-order valence-electron chi connectivity index (χ4n) is 2.36. The van der Waals surface area contributed by atoms with Crippen molar-refractivity contribution in [2.45, 2.75) is 11.4 Å². The lowest BCUT2D eigenvalue weighted by Crippen LogP contribution is -2.29.